The van der Waals surface area contributed by atoms with Crippen LogP contribution in [-0.4, -0.2) is 27.0 Å². The number of nitrogens with zero attached hydrogens (tertiary/aromatic N) is 1. The van der Waals surface area contributed by atoms with Gasteiger partial charge in [-0.1, -0.05) is 0 Å². The highest BCUT2D eigenvalue weighted by atomic mass is 16.5. The van der Waals surface area contributed by atoms with Crippen LogP contribution < -0.4 is 5.73 Å². The smallest absolute Gasteiger partial charge is 0.111 e. The molecule has 0 bridgehead atoms. The van der Waals surface area contributed by atoms with Crippen LogP contribution in [0.1, 0.15) is 5.56 Å². The molecule has 1 rings (SSSR count). The van der Waals surface area contributed by atoms with Crippen LogP contribution in [0.25, 0.3) is 6.08 Å². The number of hydrogen-bond acceptors (Lipinski definition) is 4. The minimum atomic E-state index is 0.520. The molecule has 16 heavy (non-hydrogen) atoms. The largest absolute Gasteiger partial charge is 0.499 e. The Kier molecular flexibility index (Phi) is 5.08. The predicted octanol–water partition coefficient (Wildman–Crippen LogP) is 2.23. The van der Waals surface area contributed by atoms with E-state index in [1.807, 2.05) is 12.1 Å². The second-order valence-corrected chi connectivity index (χ2v) is 3.14. The Labute approximate surface area is 95.4 Å². The van der Waals surface area contributed by atoms with Crippen LogP contribution in [0.5, 0.6) is 0 Å². The van der Waals surface area contributed by atoms with E-state index in [1.54, 1.807) is 25.5 Å². The second-order valence-electron chi connectivity index (χ2n) is 3.14. The van der Waals surface area contributed by atoms with Crippen molar-refractivity contribution in [2.45, 2.75) is 0 Å². The van der Waals surface area contributed by atoms with Crippen molar-refractivity contribution in [3.8, 4) is 0 Å². The van der Waals surface area contributed by atoms with Crippen molar-refractivity contribution in [3.63, 3.8) is 0 Å². The molecular formula is C12H16N2O2. The molecule has 0 heterocycles. The van der Waals surface area contributed by atoms with E-state index in [1.165, 1.54) is 0 Å². The number of methoxy groups -OCH3 is 1. The van der Waals surface area contributed by atoms with Gasteiger partial charge in [0.25, 0.3) is 0 Å². The van der Waals surface area contributed by atoms with E-state index in [4.69, 9.17) is 15.2 Å². The summed E-state index contributed by atoms with van der Waals surface area (Å²) in [5, 5.41) is 0. The summed E-state index contributed by atoms with van der Waals surface area (Å²) in [6, 6.07) is 5.42. The van der Waals surface area contributed by atoms with E-state index in [-0.39, 0.29) is 0 Å². The molecule has 0 fully saturated rings. The minimum Gasteiger partial charge on any atom is -0.499 e. The number of aliphatic imine (C=N–C) groups is 1. The molecule has 1 aromatic rings. The normalized spacial score (nSPS) is 10.6. The van der Waals surface area contributed by atoms with Gasteiger partial charge >= 0.3 is 0 Å². The third-order valence-electron chi connectivity index (χ3n) is 1.97. The van der Waals surface area contributed by atoms with E-state index in [0.29, 0.717) is 18.9 Å². The van der Waals surface area contributed by atoms with Gasteiger partial charge in [-0.15, -0.1) is 0 Å². The highest BCUT2D eigenvalue weighted by molar-refractivity contribution is 5.69. The average molecular weight is 220 g/mol. The standard InChI is InChI=1S/C12H16N2O2/c1-14-12-4-3-11(13)9-10(12)5-6-16-8-7-15-2/h3-6,9H,1,7-8,13H2,2H3/b6-5+. The minimum absolute atomic E-state index is 0.520. The van der Waals surface area contributed by atoms with Gasteiger partial charge in [0.2, 0.25) is 0 Å². The van der Waals surface area contributed by atoms with Gasteiger partial charge in [0, 0.05) is 18.4 Å². The van der Waals surface area contributed by atoms with Crippen molar-refractivity contribution in [3.05, 3.63) is 30.0 Å². The number of hydrogen-bond donors (Lipinski definition) is 1. The van der Waals surface area contributed by atoms with Crippen molar-refractivity contribution in [1.29, 1.82) is 0 Å². The van der Waals surface area contributed by atoms with E-state index in [2.05, 4.69) is 11.7 Å². The number of rotatable bonds is 6. The summed E-state index contributed by atoms with van der Waals surface area (Å²) in [5.74, 6) is 0. The van der Waals surface area contributed by atoms with E-state index < -0.39 is 0 Å². The summed E-state index contributed by atoms with van der Waals surface area (Å²) >= 11 is 0. The molecule has 0 saturated carbocycles. The molecule has 4 heteroatoms. The Balaban J connectivity index is 2.64. The van der Waals surface area contributed by atoms with Crippen LogP contribution in [0.15, 0.2) is 29.5 Å². The lowest BCUT2D eigenvalue weighted by Crippen LogP contribution is -1.96. The first-order chi connectivity index (χ1) is 7.77. The summed E-state index contributed by atoms with van der Waals surface area (Å²) in [4.78, 5) is 3.89. The van der Waals surface area contributed by atoms with Gasteiger partial charge in [-0.2, -0.15) is 0 Å². The first-order valence-electron chi connectivity index (χ1n) is 4.91. The van der Waals surface area contributed by atoms with Gasteiger partial charge in [0.1, 0.15) is 6.61 Å². The molecule has 0 atom stereocenters. The van der Waals surface area contributed by atoms with Gasteiger partial charge in [-0.05, 0) is 31.0 Å². The first kappa shape index (κ1) is 12.3. The zero-order valence-corrected chi connectivity index (χ0v) is 9.35. The Morgan fingerprint density at radius 2 is 2.25 bits per heavy atom. The maximum Gasteiger partial charge on any atom is 0.111 e. The molecule has 0 aromatic heterocycles. The highest BCUT2D eigenvalue weighted by Crippen LogP contribution is 2.22. The average Bonchev–Trinajstić information content (AvgIpc) is 2.29. The van der Waals surface area contributed by atoms with Gasteiger partial charge in [-0.25, -0.2) is 0 Å². The lowest BCUT2D eigenvalue weighted by atomic mass is 10.1. The van der Waals surface area contributed by atoms with Crippen LogP contribution >= 0.6 is 0 Å². The van der Waals surface area contributed by atoms with Crippen LogP contribution in [0.4, 0.5) is 11.4 Å². The van der Waals surface area contributed by atoms with Crippen molar-refractivity contribution < 1.29 is 9.47 Å². The Morgan fingerprint density at radius 1 is 1.44 bits per heavy atom. The third kappa shape index (κ3) is 3.74. The molecule has 0 aliphatic carbocycles. The van der Waals surface area contributed by atoms with E-state index in [0.717, 1.165) is 11.3 Å². The predicted molar refractivity (Wildman–Crippen MR) is 66.9 cm³/mol. The monoisotopic (exact) mass is 220 g/mol. The molecule has 0 aliphatic heterocycles. The van der Waals surface area contributed by atoms with Crippen LogP contribution in [0.3, 0.4) is 0 Å². The van der Waals surface area contributed by atoms with Gasteiger partial charge < -0.3 is 15.2 Å². The SMILES string of the molecule is C=Nc1ccc(N)cc1/C=C/OCCOC. The molecule has 86 valence electrons. The van der Waals surface area contributed by atoms with Crippen molar-refractivity contribution >= 4 is 24.2 Å². The maximum absolute atomic E-state index is 5.68. The molecule has 0 unspecified atom stereocenters. The molecule has 1 aromatic carbocycles. The summed E-state index contributed by atoms with van der Waals surface area (Å²) in [7, 11) is 1.63. The second kappa shape index (κ2) is 6.63. The number of nitrogen functional groups attached to an aromatic ring is 1. The zero-order valence-electron chi connectivity index (χ0n) is 9.35. The van der Waals surface area contributed by atoms with Crippen molar-refractivity contribution in [1.82, 2.24) is 0 Å². The fourth-order valence-electron chi connectivity index (χ4n) is 1.17. The Hall–Kier alpha value is -1.81. The maximum atomic E-state index is 5.68. The number of nitrogens with two attached hydrogens (primary N) is 1. The lowest BCUT2D eigenvalue weighted by molar-refractivity contribution is 0.124. The third-order valence-corrected chi connectivity index (χ3v) is 1.97. The number of ether oxygens (including phenoxy) is 2. The summed E-state index contributed by atoms with van der Waals surface area (Å²) in [6.07, 6.45) is 3.40. The Morgan fingerprint density at radius 3 is 2.94 bits per heavy atom. The zero-order chi connectivity index (χ0) is 11.8. The van der Waals surface area contributed by atoms with Crippen LogP contribution in [0.2, 0.25) is 0 Å². The number of benzene rings is 1. The van der Waals surface area contributed by atoms with E-state index >= 15 is 0 Å². The summed E-state index contributed by atoms with van der Waals surface area (Å²) in [6.45, 7) is 4.58. The molecule has 2 N–H and O–H groups in total. The van der Waals surface area contributed by atoms with Crippen molar-refractivity contribution in [2.75, 3.05) is 26.1 Å². The molecule has 0 aliphatic rings. The molecule has 0 radical (unpaired) electrons. The fourth-order valence-corrected chi connectivity index (χ4v) is 1.17. The molecular weight excluding hydrogens is 204 g/mol. The first-order valence-corrected chi connectivity index (χ1v) is 4.91. The van der Waals surface area contributed by atoms with Crippen LogP contribution in [0, 0.1) is 0 Å². The van der Waals surface area contributed by atoms with Gasteiger partial charge in [0.05, 0.1) is 18.6 Å². The highest BCUT2D eigenvalue weighted by Gasteiger charge is 1.97. The van der Waals surface area contributed by atoms with Gasteiger partial charge in [0.15, 0.2) is 0 Å². The fraction of sp³-hybridized carbons (Fsp3) is 0.250. The summed E-state index contributed by atoms with van der Waals surface area (Å²) in [5.41, 5.74) is 8.02. The summed E-state index contributed by atoms with van der Waals surface area (Å²) < 4.78 is 10.1. The molecule has 0 amide bonds. The van der Waals surface area contributed by atoms with Crippen LogP contribution in [-0.2, 0) is 9.47 Å². The molecule has 0 spiro atoms. The van der Waals surface area contributed by atoms with Gasteiger partial charge in [-0.3, -0.25) is 4.99 Å². The van der Waals surface area contributed by atoms with Crippen molar-refractivity contribution in [2.24, 2.45) is 4.99 Å². The topological polar surface area (TPSA) is 56.8 Å². The molecule has 0 saturated heterocycles. The number of anilines is 1. The quantitative estimate of drug-likeness (QED) is 0.346. The molecule has 4 nitrogen and oxygen atoms in total. The Bertz CT molecular complexity index is 375. The van der Waals surface area contributed by atoms with E-state index in [9.17, 15) is 0 Å². The lowest BCUT2D eigenvalue weighted by Gasteiger charge is -2.02.